The van der Waals surface area contributed by atoms with Crippen LogP contribution in [-0.4, -0.2) is 53.8 Å². The maximum atomic E-state index is 12.3. The molecule has 0 bridgehead atoms. The first-order valence-corrected chi connectivity index (χ1v) is 9.79. The van der Waals surface area contributed by atoms with Crippen molar-refractivity contribution in [2.75, 3.05) is 19.3 Å². The van der Waals surface area contributed by atoms with Crippen molar-refractivity contribution in [2.45, 2.75) is 46.2 Å². The molecule has 23 heavy (non-hydrogen) atoms. The van der Waals surface area contributed by atoms with Crippen LogP contribution in [0.4, 0.5) is 0 Å². The summed E-state index contributed by atoms with van der Waals surface area (Å²) < 4.78 is 26.6. The SMILES string of the molecule is Cc1cc(C)n(C[C@@H](C)CNC(=O)[C@@H]2CCCN2S(C)(=O)=O)n1. The molecule has 1 fully saturated rings. The van der Waals surface area contributed by atoms with Gasteiger partial charge < -0.3 is 5.32 Å². The summed E-state index contributed by atoms with van der Waals surface area (Å²) in [5.74, 6) is 0.0122. The monoisotopic (exact) mass is 342 g/mol. The lowest BCUT2D eigenvalue weighted by Gasteiger charge is -2.22. The molecule has 8 heteroatoms. The van der Waals surface area contributed by atoms with Gasteiger partial charge in [-0.05, 0) is 38.7 Å². The van der Waals surface area contributed by atoms with Gasteiger partial charge in [-0.3, -0.25) is 9.48 Å². The van der Waals surface area contributed by atoms with E-state index in [1.807, 2.05) is 31.5 Å². The molecule has 1 aliphatic rings. The number of aromatic nitrogens is 2. The number of hydrogen-bond acceptors (Lipinski definition) is 4. The first-order chi connectivity index (χ1) is 10.7. The Hall–Kier alpha value is -1.41. The number of rotatable bonds is 6. The lowest BCUT2D eigenvalue weighted by molar-refractivity contribution is -0.124. The number of amides is 1. The fourth-order valence-electron chi connectivity index (χ4n) is 3.01. The van der Waals surface area contributed by atoms with Crippen molar-refractivity contribution >= 4 is 15.9 Å². The third-order valence-electron chi connectivity index (χ3n) is 4.15. The molecule has 2 rings (SSSR count). The molecular weight excluding hydrogens is 316 g/mol. The van der Waals surface area contributed by atoms with Crippen LogP contribution in [0.25, 0.3) is 0 Å². The van der Waals surface area contributed by atoms with Gasteiger partial charge in [-0.15, -0.1) is 0 Å². The molecule has 0 unspecified atom stereocenters. The van der Waals surface area contributed by atoms with Crippen LogP contribution in [-0.2, 0) is 21.4 Å². The average Bonchev–Trinajstić information content (AvgIpc) is 3.03. The minimum absolute atomic E-state index is 0.201. The Morgan fingerprint density at radius 3 is 2.74 bits per heavy atom. The van der Waals surface area contributed by atoms with Gasteiger partial charge in [-0.2, -0.15) is 9.40 Å². The molecule has 130 valence electrons. The molecule has 1 amide bonds. The van der Waals surface area contributed by atoms with Crippen LogP contribution in [0.2, 0.25) is 0 Å². The molecule has 0 aromatic carbocycles. The van der Waals surface area contributed by atoms with Crippen molar-refractivity contribution in [2.24, 2.45) is 5.92 Å². The topological polar surface area (TPSA) is 84.3 Å². The number of aryl methyl sites for hydroxylation is 2. The van der Waals surface area contributed by atoms with Gasteiger partial charge in [-0.25, -0.2) is 8.42 Å². The second-order valence-electron chi connectivity index (χ2n) is 6.49. The highest BCUT2D eigenvalue weighted by Gasteiger charge is 2.36. The summed E-state index contributed by atoms with van der Waals surface area (Å²) in [6, 6.07) is 1.46. The van der Waals surface area contributed by atoms with E-state index in [0.29, 0.717) is 19.5 Å². The number of sulfonamides is 1. The summed E-state index contributed by atoms with van der Waals surface area (Å²) in [7, 11) is -3.33. The number of carbonyl (C=O) groups is 1. The highest BCUT2D eigenvalue weighted by atomic mass is 32.2. The van der Waals surface area contributed by atoms with Gasteiger partial charge in [0.2, 0.25) is 15.9 Å². The molecule has 7 nitrogen and oxygen atoms in total. The normalized spacial score (nSPS) is 20.6. The Labute approximate surface area is 138 Å². The summed E-state index contributed by atoms with van der Waals surface area (Å²) in [6.07, 6.45) is 2.47. The predicted octanol–water partition coefficient (Wildman–Crippen LogP) is 0.676. The van der Waals surface area contributed by atoms with E-state index in [9.17, 15) is 13.2 Å². The Kier molecular flexibility index (Phi) is 5.46. The van der Waals surface area contributed by atoms with Crippen molar-refractivity contribution < 1.29 is 13.2 Å². The van der Waals surface area contributed by atoms with Gasteiger partial charge in [0.25, 0.3) is 0 Å². The zero-order valence-corrected chi connectivity index (χ0v) is 15.1. The molecule has 2 atom stereocenters. The molecular formula is C15H26N4O3S. The molecule has 1 aliphatic heterocycles. The maximum Gasteiger partial charge on any atom is 0.238 e. The molecule has 1 saturated heterocycles. The number of nitrogens with one attached hydrogen (secondary N) is 1. The van der Waals surface area contributed by atoms with Crippen molar-refractivity contribution in [1.29, 1.82) is 0 Å². The summed E-state index contributed by atoms with van der Waals surface area (Å²) in [4.78, 5) is 12.3. The zero-order valence-electron chi connectivity index (χ0n) is 14.2. The molecule has 1 aromatic heterocycles. The molecule has 0 radical (unpaired) electrons. The molecule has 0 spiro atoms. The maximum absolute atomic E-state index is 12.3. The van der Waals surface area contributed by atoms with Gasteiger partial charge in [0.1, 0.15) is 6.04 Å². The smallest absolute Gasteiger partial charge is 0.238 e. The summed E-state index contributed by atoms with van der Waals surface area (Å²) in [5, 5.41) is 7.30. The van der Waals surface area contributed by atoms with Gasteiger partial charge >= 0.3 is 0 Å². The van der Waals surface area contributed by atoms with Crippen LogP contribution in [0.3, 0.4) is 0 Å². The minimum atomic E-state index is -3.33. The van der Waals surface area contributed by atoms with Gasteiger partial charge in [0.15, 0.2) is 0 Å². The van der Waals surface area contributed by atoms with Gasteiger partial charge in [0.05, 0.1) is 11.9 Å². The second-order valence-corrected chi connectivity index (χ2v) is 8.43. The van der Waals surface area contributed by atoms with Crippen LogP contribution in [0.5, 0.6) is 0 Å². The Balaban J connectivity index is 1.87. The average molecular weight is 342 g/mol. The fourth-order valence-corrected chi connectivity index (χ4v) is 4.14. The van der Waals surface area contributed by atoms with Crippen LogP contribution < -0.4 is 5.32 Å². The summed E-state index contributed by atoms with van der Waals surface area (Å²) in [5.41, 5.74) is 2.08. The third kappa shape index (κ3) is 4.54. The first kappa shape index (κ1) is 17.9. The number of nitrogens with zero attached hydrogens (tertiary/aromatic N) is 3. The second kappa shape index (κ2) is 7.00. The lowest BCUT2D eigenvalue weighted by atomic mass is 10.1. The largest absolute Gasteiger partial charge is 0.354 e. The highest BCUT2D eigenvalue weighted by molar-refractivity contribution is 7.88. The van der Waals surface area contributed by atoms with E-state index >= 15 is 0 Å². The standard InChI is InChI=1S/C15H26N4O3S/c1-11(10-18-13(3)8-12(2)17-18)9-16-15(20)14-6-5-7-19(14)23(4,21)22/h8,11,14H,5-7,9-10H2,1-4H3,(H,16,20)/t11-,14-/m0/s1. The summed E-state index contributed by atoms with van der Waals surface area (Å²) in [6.45, 7) is 7.66. The van der Waals surface area contributed by atoms with Crippen LogP contribution >= 0.6 is 0 Å². The van der Waals surface area contributed by atoms with Gasteiger partial charge in [-0.1, -0.05) is 6.92 Å². The molecule has 0 aliphatic carbocycles. The van der Waals surface area contributed by atoms with E-state index in [2.05, 4.69) is 10.4 Å². The van der Waals surface area contributed by atoms with Crippen molar-refractivity contribution in [3.63, 3.8) is 0 Å². The van der Waals surface area contributed by atoms with E-state index in [-0.39, 0.29) is 11.8 Å². The Morgan fingerprint density at radius 2 is 2.17 bits per heavy atom. The first-order valence-electron chi connectivity index (χ1n) is 7.94. The van der Waals surface area contributed by atoms with E-state index in [0.717, 1.165) is 30.6 Å². The fraction of sp³-hybridized carbons (Fsp3) is 0.733. The van der Waals surface area contributed by atoms with E-state index < -0.39 is 16.1 Å². The van der Waals surface area contributed by atoms with Crippen molar-refractivity contribution in [1.82, 2.24) is 19.4 Å². The van der Waals surface area contributed by atoms with E-state index in [4.69, 9.17) is 0 Å². The number of carbonyl (C=O) groups excluding carboxylic acids is 1. The molecule has 0 saturated carbocycles. The Morgan fingerprint density at radius 1 is 1.48 bits per heavy atom. The third-order valence-corrected chi connectivity index (χ3v) is 5.43. The molecule has 2 heterocycles. The van der Waals surface area contributed by atoms with E-state index in [1.54, 1.807) is 0 Å². The quantitative estimate of drug-likeness (QED) is 0.824. The Bertz CT molecular complexity index is 668. The predicted molar refractivity (Wildman–Crippen MR) is 88.4 cm³/mol. The van der Waals surface area contributed by atoms with Crippen LogP contribution in [0.15, 0.2) is 6.07 Å². The van der Waals surface area contributed by atoms with Crippen LogP contribution in [0.1, 0.15) is 31.2 Å². The minimum Gasteiger partial charge on any atom is -0.354 e. The summed E-state index contributed by atoms with van der Waals surface area (Å²) >= 11 is 0. The molecule has 1 aromatic rings. The molecule has 1 N–H and O–H groups in total. The van der Waals surface area contributed by atoms with E-state index in [1.165, 1.54) is 4.31 Å². The van der Waals surface area contributed by atoms with Gasteiger partial charge in [0, 0.05) is 25.3 Å². The van der Waals surface area contributed by atoms with Crippen molar-refractivity contribution in [3.8, 4) is 0 Å². The highest BCUT2D eigenvalue weighted by Crippen LogP contribution is 2.20. The van der Waals surface area contributed by atoms with Crippen molar-refractivity contribution in [3.05, 3.63) is 17.5 Å². The van der Waals surface area contributed by atoms with Crippen LogP contribution in [0, 0.1) is 19.8 Å². The number of hydrogen-bond donors (Lipinski definition) is 1. The zero-order chi connectivity index (χ0) is 17.2. The lowest BCUT2D eigenvalue weighted by Crippen LogP contribution is -2.46.